The normalized spacial score (nSPS) is 17.7. The molecule has 0 aromatic carbocycles. The van der Waals surface area contributed by atoms with Gasteiger partial charge in [0.15, 0.2) is 10.0 Å². The Morgan fingerprint density at radius 1 is 1.19 bits per heavy atom. The predicted molar refractivity (Wildman–Crippen MR) is 120 cm³/mol. The second kappa shape index (κ2) is 9.35. The zero-order valence-corrected chi connectivity index (χ0v) is 19.0. The minimum Gasteiger partial charge on any atom is -0.367 e. The molecule has 2 N–H and O–H groups in total. The third kappa shape index (κ3) is 4.84. The molecule has 11 heteroatoms. The molecule has 5 rings (SSSR count). The van der Waals surface area contributed by atoms with Crippen LogP contribution in [-0.4, -0.2) is 53.5 Å². The van der Waals surface area contributed by atoms with Crippen molar-refractivity contribution < 1.29 is 13.2 Å². The van der Waals surface area contributed by atoms with Crippen LogP contribution in [0.3, 0.4) is 0 Å². The van der Waals surface area contributed by atoms with Crippen molar-refractivity contribution in [3.05, 3.63) is 29.4 Å². The first-order valence-corrected chi connectivity index (χ1v) is 11.7. The first-order valence-electron chi connectivity index (χ1n) is 10.1. The highest BCUT2D eigenvalue weighted by molar-refractivity contribution is 7.97. The molecule has 0 amide bonds. The van der Waals surface area contributed by atoms with Crippen molar-refractivity contribution in [1.29, 1.82) is 0 Å². The molecule has 1 aliphatic carbocycles. The Morgan fingerprint density at radius 2 is 1.94 bits per heavy atom. The second-order valence-electron chi connectivity index (χ2n) is 7.78. The van der Waals surface area contributed by atoms with Crippen molar-refractivity contribution in [2.45, 2.75) is 36.6 Å². The van der Waals surface area contributed by atoms with Gasteiger partial charge >= 0.3 is 0 Å². The number of alkyl halides is 3. The van der Waals surface area contributed by atoms with Crippen LogP contribution in [-0.2, 0) is 0 Å². The Hall–Kier alpha value is -1.82. The lowest BCUT2D eigenvalue weighted by molar-refractivity contribution is 0.150. The highest BCUT2D eigenvalue weighted by atomic mass is 32.2. The van der Waals surface area contributed by atoms with E-state index in [-0.39, 0.29) is 10.5 Å². The average Bonchev–Trinajstić information content (AvgIpc) is 3.19. The third-order valence-electron chi connectivity index (χ3n) is 5.44. The molecule has 6 nitrogen and oxygen atoms in total. The first kappa shape index (κ1) is 22.4. The number of nitrogens with zero attached hydrogens (tertiary/aromatic N) is 4. The van der Waals surface area contributed by atoms with Crippen LogP contribution in [0.1, 0.15) is 31.2 Å². The van der Waals surface area contributed by atoms with Crippen LogP contribution in [0.15, 0.2) is 29.3 Å². The number of rotatable bonds is 6. The molecule has 1 aliphatic heterocycles. The van der Waals surface area contributed by atoms with E-state index in [2.05, 4.69) is 48.7 Å². The molecular weight excluding hydrogens is 445 g/mol. The Balaban J connectivity index is 0.00000112. The van der Waals surface area contributed by atoms with Crippen LogP contribution >= 0.6 is 23.3 Å². The second-order valence-corrected chi connectivity index (χ2v) is 9.67. The van der Waals surface area contributed by atoms with Crippen LogP contribution in [0.2, 0.25) is 0 Å². The summed E-state index contributed by atoms with van der Waals surface area (Å²) in [4.78, 5) is 3.47. The van der Waals surface area contributed by atoms with E-state index < -0.39 is 6.43 Å². The molecular formula is C20H25F3N6S2. The molecule has 2 aliphatic rings. The van der Waals surface area contributed by atoms with Gasteiger partial charge in [0, 0.05) is 42.8 Å². The smallest absolute Gasteiger partial charge is 0.291 e. The lowest BCUT2D eigenvalue weighted by Gasteiger charge is -2.30. The Bertz CT molecular complexity index is 1030. The zero-order chi connectivity index (χ0) is 22.0. The quantitative estimate of drug-likeness (QED) is 0.516. The van der Waals surface area contributed by atoms with Crippen LogP contribution in [0.25, 0.3) is 16.2 Å². The summed E-state index contributed by atoms with van der Waals surface area (Å²) in [5.74, 6) is 0. The van der Waals surface area contributed by atoms with Crippen molar-refractivity contribution in [3.8, 4) is 10.7 Å². The number of hydrogen-bond acceptors (Lipinski definition) is 7. The van der Waals surface area contributed by atoms with Gasteiger partial charge in [0.2, 0.25) is 0 Å². The summed E-state index contributed by atoms with van der Waals surface area (Å²) in [5.41, 5.74) is 3.21. The van der Waals surface area contributed by atoms with Crippen LogP contribution < -0.4 is 14.9 Å². The summed E-state index contributed by atoms with van der Waals surface area (Å²) in [6.45, 7) is 5.99. The topological polar surface area (TPSA) is 57.5 Å². The number of piperazine rings is 1. The van der Waals surface area contributed by atoms with Crippen LogP contribution in [0, 0.1) is 0 Å². The fourth-order valence-corrected chi connectivity index (χ4v) is 5.07. The summed E-state index contributed by atoms with van der Waals surface area (Å²) >= 11 is 2.58. The Labute approximate surface area is 187 Å². The van der Waals surface area contributed by atoms with Crippen molar-refractivity contribution in [2.24, 2.45) is 0 Å². The SMILES string of the molecule is CC1(NSc2cc(N3CCNCC3)c3ccc(-c4nnc(C(F)F)s4)n3c2)CC1.CF. The molecule has 168 valence electrons. The minimum absolute atomic E-state index is 0.208. The fourth-order valence-electron chi connectivity index (χ4n) is 3.46. The van der Waals surface area contributed by atoms with Gasteiger partial charge < -0.3 is 14.6 Å². The summed E-state index contributed by atoms with van der Waals surface area (Å²) in [5, 5.41) is 11.3. The van der Waals surface area contributed by atoms with E-state index in [1.54, 1.807) is 11.9 Å². The van der Waals surface area contributed by atoms with Crippen molar-refractivity contribution in [1.82, 2.24) is 24.6 Å². The van der Waals surface area contributed by atoms with Crippen molar-refractivity contribution in [3.63, 3.8) is 0 Å². The van der Waals surface area contributed by atoms with Gasteiger partial charge in [-0.25, -0.2) is 8.78 Å². The van der Waals surface area contributed by atoms with Crippen LogP contribution in [0.5, 0.6) is 0 Å². The van der Waals surface area contributed by atoms with Gasteiger partial charge in [-0.05, 0) is 49.9 Å². The first-order chi connectivity index (χ1) is 15.0. The fraction of sp³-hybridized carbons (Fsp3) is 0.500. The highest BCUT2D eigenvalue weighted by Crippen LogP contribution is 2.39. The number of fused-ring (bicyclic) bond motifs is 1. The zero-order valence-electron chi connectivity index (χ0n) is 17.4. The van der Waals surface area contributed by atoms with Gasteiger partial charge in [-0.3, -0.25) is 9.11 Å². The van der Waals surface area contributed by atoms with Crippen molar-refractivity contribution >= 4 is 34.5 Å². The van der Waals surface area contributed by atoms with Gasteiger partial charge in [-0.2, -0.15) is 0 Å². The number of halogens is 3. The summed E-state index contributed by atoms with van der Waals surface area (Å²) < 4.78 is 41.1. The lowest BCUT2D eigenvalue weighted by atomic mass is 10.2. The largest absolute Gasteiger partial charge is 0.367 e. The van der Waals surface area contributed by atoms with E-state index in [1.807, 2.05) is 12.1 Å². The van der Waals surface area contributed by atoms with E-state index in [0.29, 0.717) is 12.2 Å². The van der Waals surface area contributed by atoms with Gasteiger partial charge in [0.1, 0.15) is 0 Å². The predicted octanol–water partition coefficient (Wildman–Crippen LogP) is 4.54. The van der Waals surface area contributed by atoms with Gasteiger partial charge in [0.25, 0.3) is 6.43 Å². The molecule has 0 bridgehead atoms. The molecule has 0 atom stereocenters. The average molecular weight is 471 g/mol. The maximum atomic E-state index is 13.0. The summed E-state index contributed by atoms with van der Waals surface area (Å²) in [7, 11) is 0.500. The minimum atomic E-state index is -2.60. The number of nitrogens with one attached hydrogen (secondary N) is 2. The Kier molecular flexibility index (Phi) is 6.75. The molecule has 0 radical (unpaired) electrons. The molecule has 3 aromatic rings. The molecule has 31 heavy (non-hydrogen) atoms. The van der Waals surface area contributed by atoms with E-state index in [4.69, 9.17) is 0 Å². The van der Waals surface area contributed by atoms with Gasteiger partial charge in [0.05, 0.1) is 24.1 Å². The van der Waals surface area contributed by atoms with E-state index in [1.165, 1.54) is 12.8 Å². The standard InChI is InChI=1S/C19H22F2N6S2.CH3F/c1-19(4-5-19)25-29-12-10-15(26-8-6-22-7-9-26)13-2-3-14(27(13)11-12)17-23-24-18(28-17)16(20)21;1-2/h2-3,10-11,16,22,25H,4-9H2,1H3;1H3. The number of anilines is 1. The third-order valence-corrected chi connectivity index (χ3v) is 7.44. The molecule has 1 saturated heterocycles. The van der Waals surface area contributed by atoms with Crippen molar-refractivity contribution in [2.75, 3.05) is 38.3 Å². The molecule has 2 fully saturated rings. The summed E-state index contributed by atoms with van der Waals surface area (Å²) in [6, 6.07) is 6.21. The summed E-state index contributed by atoms with van der Waals surface area (Å²) in [6.07, 6.45) is 1.83. The van der Waals surface area contributed by atoms with Gasteiger partial charge in [-0.15, -0.1) is 10.2 Å². The maximum Gasteiger partial charge on any atom is 0.291 e. The maximum absolute atomic E-state index is 13.0. The number of aromatic nitrogens is 3. The van der Waals surface area contributed by atoms with Gasteiger partial charge in [-0.1, -0.05) is 11.3 Å². The number of pyridine rings is 1. The monoisotopic (exact) mass is 470 g/mol. The molecule has 0 spiro atoms. The highest BCUT2D eigenvalue weighted by Gasteiger charge is 2.37. The molecule has 3 aromatic heterocycles. The van der Waals surface area contributed by atoms with Crippen LogP contribution in [0.4, 0.5) is 18.9 Å². The van der Waals surface area contributed by atoms with E-state index in [0.717, 1.165) is 59.3 Å². The molecule has 0 unspecified atom stereocenters. The van der Waals surface area contributed by atoms with E-state index in [9.17, 15) is 13.2 Å². The Morgan fingerprint density at radius 3 is 2.58 bits per heavy atom. The van der Waals surface area contributed by atoms with E-state index >= 15 is 0 Å². The molecule has 1 saturated carbocycles. The lowest BCUT2D eigenvalue weighted by Crippen LogP contribution is -2.43. The molecule has 4 heterocycles. The number of hydrogen-bond donors (Lipinski definition) is 2.